The molecule has 0 atom stereocenters. The predicted octanol–water partition coefficient (Wildman–Crippen LogP) is 0.751. The first kappa shape index (κ1) is 19.0. The van der Waals surface area contributed by atoms with Crippen molar-refractivity contribution < 1.29 is 19.1 Å². The Morgan fingerprint density at radius 2 is 1.89 bits per heavy atom. The average Bonchev–Trinajstić information content (AvgIpc) is 2.74. The second-order valence-electron chi connectivity index (χ2n) is 5.80. The van der Waals surface area contributed by atoms with E-state index >= 15 is 0 Å². The van der Waals surface area contributed by atoms with Crippen molar-refractivity contribution in [3.05, 3.63) is 64.2 Å². The van der Waals surface area contributed by atoms with Crippen molar-refractivity contribution >= 4 is 23.0 Å². The second-order valence-corrected chi connectivity index (χ2v) is 5.80. The van der Waals surface area contributed by atoms with Crippen molar-refractivity contribution in [1.82, 2.24) is 19.9 Å². The minimum atomic E-state index is -0.760. The molecule has 9 heteroatoms. The van der Waals surface area contributed by atoms with E-state index in [0.717, 1.165) is 5.56 Å². The average molecular weight is 382 g/mol. The molecule has 1 N–H and O–H groups in total. The Balaban J connectivity index is 2.02. The summed E-state index contributed by atoms with van der Waals surface area (Å²) >= 11 is 0. The van der Waals surface area contributed by atoms with Crippen LogP contribution in [0.5, 0.6) is 5.75 Å². The van der Waals surface area contributed by atoms with Gasteiger partial charge in [0.2, 0.25) is 0 Å². The van der Waals surface area contributed by atoms with Gasteiger partial charge in [0, 0.05) is 6.20 Å². The van der Waals surface area contributed by atoms with Crippen molar-refractivity contribution in [1.29, 1.82) is 0 Å². The van der Waals surface area contributed by atoms with Crippen LogP contribution in [-0.2, 0) is 16.1 Å². The fourth-order valence-electron chi connectivity index (χ4n) is 2.59. The van der Waals surface area contributed by atoms with Crippen LogP contribution in [0.3, 0.4) is 0 Å². The maximum absolute atomic E-state index is 12.9. The highest BCUT2D eigenvalue weighted by atomic mass is 16.5. The molecule has 1 aromatic carbocycles. The molecule has 0 spiro atoms. The number of esters is 1. The number of amides is 1. The molecular weight excluding hydrogens is 364 g/mol. The lowest BCUT2D eigenvalue weighted by atomic mass is 10.2. The van der Waals surface area contributed by atoms with Crippen LogP contribution in [-0.4, -0.2) is 47.2 Å². The number of nitrogens with zero attached hydrogens (tertiary/aromatic N) is 3. The van der Waals surface area contributed by atoms with Crippen LogP contribution in [0.2, 0.25) is 0 Å². The quantitative estimate of drug-likeness (QED) is 0.626. The van der Waals surface area contributed by atoms with Gasteiger partial charge in [-0.3, -0.25) is 19.0 Å². The van der Waals surface area contributed by atoms with Crippen LogP contribution in [0.4, 0.5) is 0 Å². The first-order valence-corrected chi connectivity index (χ1v) is 8.37. The SMILES string of the molecule is COC(=O)CNC(=O)c1nc2cccnc2n(Cc2ccc(OC)cc2)c1=O. The molecular formula is C19H18N4O5. The third kappa shape index (κ3) is 3.98. The minimum absolute atomic E-state index is 0.191. The van der Waals surface area contributed by atoms with Gasteiger partial charge in [-0.05, 0) is 29.8 Å². The molecule has 144 valence electrons. The first-order valence-electron chi connectivity index (χ1n) is 8.37. The van der Waals surface area contributed by atoms with Crippen LogP contribution < -0.4 is 15.6 Å². The van der Waals surface area contributed by atoms with Gasteiger partial charge in [-0.1, -0.05) is 12.1 Å². The molecule has 2 aromatic heterocycles. The van der Waals surface area contributed by atoms with Gasteiger partial charge in [0.05, 0.1) is 20.8 Å². The molecule has 3 aromatic rings. The van der Waals surface area contributed by atoms with Crippen LogP contribution in [0.15, 0.2) is 47.4 Å². The van der Waals surface area contributed by atoms with E-state index in [2.05, 4.69) is 20.0 Å². The van der Waals surface area contributed by atoms with E-state index in [4.69, 9.17) is 4.74 Å². The Hall–Kier alpha value is -3.75. The Morgan fingerprint density at radius 3 is 2.57 bits per heavy atom. The maximum Gasteiger partial charge on any atom is 0.325 e. The van der Waals surface area contributed by atoms with Crippen molar-refractivity contribution in [3.63, 3.8) is 0 Å². The summed E-state index contributed by atoms with van der Waals surface area (Å²) < 4.78 is 11.0. The summed E-state index contributed by atoms with van der Waals surface area (Å²) in [6.45, 7) is -0.170. The van der Waals surface area contributed by atoms with Gasteiger partial charge >= 0.3 is 5.97 Å². The van der Waals surface area contributed by atoms with Gasteiger partial charge in [-0.2, -0.15) is 0 Å². The van der Waals surface area contributed by atoms with E-state index < -0.39 is 17.4 Å². The normalized spacial score (nSPS) is 10.5. The van der Waals surface area contributed by atoms with Crippen molar-refractivity contribution in [3.8, 4) is 5.75 Å². The van der Waals surface area contributed by atoms with Crippen LogP contribution in [0.1, 0.15) is 16.1 Å². The molecule has 0 saturated carbocycles. The monoisotopic (exact) mass is 382 g/mol. The highest BCUT2D eigenvalue weighted by molar-refractivity contribution is 5.95. The molecule has 0 radical (unpaired) electrons. The number of hydrogen-bond donors (Lipinski definition) is 1. The predicted molar refractivity (Wildman–Crippen MR) is 100 cm³/mol. The largest absolute Gasteiger partial charge is 0.497 e. The number of methoxy groups -OCH3 is 2. The third-order valence-electron chi connectivity index (χ3n) is 4.04. The standard InChI is InChI=1S/C19H18N4O5/c1-27-13-7-5-12(6-8-13)11-23-17-14(4-3-9-20-17)22-16(19(23)26)18(25)21-10-15(24)28-2/h3-9H,10-11H2,1-2H3,(H,21,25). The van der Waals surface area contributed by atoms with E-state index in [1.54, 1.807) is 37.6 Å². The van der Waals surface area contributed by atoms with Crippen molar-refractivity contribution in [2.75, 3.05) is 20.8 Å². The number of carbonyl (C=O) groups is 2. The van der Waals surface area contributed by atoms with Crippen LogP contribution in [0, 0.1) is 0 Å². The van der Waals surface area contributed by atoms with E-state index in [1.165, 1.54) is 11.7 Å². The zero-order chi connectivity index (χ0) is 20.1. The summed E-state index contributed by atoms with van der Waals surface area (Å²) in [6.07, 6.45) is 1.55. The molecule has 0 bridgehead atoms. The second kappa shape index (κ2) is 8.30. The number of ether oxygens (including phenoxy) is 2. The van der Waals surface area contributed by atoms with E-state index in [9.17, 15) is 14.4 Å². The Kier molecular flexibility index (Phi) is 5.64. The topological polar surface area (TPSA) is 112 Å². The molecule has 0 aliphatic carbocycles. The Morgan fingerprint density at radius 1 is 1.14 bits per heavy atom. The maximum atomic E-state index is 12.9. The molecule has 9 nitrogen and oxygen atoms in total. The Labute approximate surface area is 159 Å². The summed E-state index contributed by atoms with van der Waals surface area (Å²) in [5.74, 6) is -0.698. The zero-order valence-corrected chi connectivity index (χ0v) is 15.3. The highest BCUT2D eigenvalue weighted by Gasteiger charge is 2.19. The molecule has 0 aliphatic heterocycles. The van der Waals surface area contributed by atoms with E-state index in [-0.39, 0.29) is 18.8 Å². The van der Waals surface area contributed by atoms with Crippen LogP contribution >= 0.6 is 0 Å². The van der Waals surface area contributed by atoms with Crippen molar-refractivity contribution in [2.24, 2.45) is 0 Å². The minimum Gasteiger partial charge on any atom is -0.497 e. The summed E-state index contributed by atoms with van der Waals surface area (Å²) in [5, 5.41) is 2.34. The lowest BCUT2D eigenvalue weighted by Crippen LogP contribution is -2.37. The molecule has 0 unspecified atom stereocenters. The number of pyridine rings is 1. The smallest absolute Gasteiger partial charge is 0.325 e. The highest BCUT2D eigenvalue weighted by Crippen LogP contribution is 2.14. The van der Waals surface area contributed by atoms with Gasteiger partial charge in [0.25, 0.3) is 11.5 Å². The molecule has 1 amide bonds. The number of hydrogen-bond acceptors (Lipinski definition) is 7. The van der Waals surface area contributed by atoms with Crippen LogP contribution in [0.25, 0.3) is 11.2 Å². The fourth-order valence-corrected chi connectivity index (χ4v) is 2.59. The number of benzene rings is 1. The molecule has 2 heterocycles. The van der Waals surface area contributed by atoms with Crippen molar-refractivity contribution in [2.45, 2.75) is 6.54 Å². The Bertz CT molecular complexity index is 1080. The molecule has 28 heavy (non-hydrogen) atoms. The number of aromatic nitrogens is 3. The molecule has 0 fully saturated rings. The number of carbonyl (C=O) groups excluding carboxylic acids is 2. The number of nitrogens with one attached hydrogen (secondary N) is 1. The number of fused-ring (bicyclic) bond motifs is 1. The van der Waals surface area contributed by atoms with Gasteiger partial charge in [0.1, 0.15) is 17.8 Å². The summed E-state index contributed by atoms with van der Waals surface area (Å²) in [6, 6.07) is 10.5. The first-order chi connectivity index (χ1) is 13.5. The third-order valence-corrected chi connectivity index (χ3v) is 4.04. The summed E-state index contributed by atoms with van der Waals surface area (Å²) in [7, 11) is 2.77. The number of rotatable bonds is 6. The lowest BCUT2D eigenvalue weighted by Gasteiger charge is -2.12. The molecule has 0 saturated heterocycles. The summed E-state index contributed by atoms with van der Waals surface area (Å²) in [5.41, 5.74) is 0.635. The van der Waals surface area contributed by atoms with Gasteiger partial charge in [-0.25, -0.2) is 9.97 Å². The van der Waals surface area contributed by atoms with E-state index in [1.807, 2.05) is 12.1 Å². The molecule has 3 rings (SSSR count). The van der Waals surface area contributed by atoms with Gasteiger partial charge < -0.3 is 14.8 Å². The summed E-state index contributed by atoms with van der Waals surface area (Å²) in [4.78, 5) is 44.9. The van der Waals surface area contributed by atoms with Gasteiger partial charge in [0.15, 0.2) is 11.3 Å². The molecule has 0 aliphatic rings. The fraction of sp³-hybridized carbons (Fsp3) is 0.211. The zero-order valence-electron chi connectivity index (χ0n) is 15.3. The van der Waals surface area contributed by atoms with Gasteiger partial charge in [-0.15, -0.1) is 0 Å². The van der Waals surface area contributed by atoms with E-state index in [0.29, 0.717) is 16.9 Å². The lowest BCUT2D eigenvalue weighted by molar-refractivity contribution is -0.139.